The van der Waals surface area contributed by atoms with E-state index in [1.54, 1.807) is 6.07 Å². The number of carbonyl (C=O) groups excluding carboxylic acids is 1. The quantitative estimate of drug-likeness (QED) is 0.862. The lowest BCUT2D eigenvalue weighted by atomic mass is 10.1. The van der Waals surface area contributed by atoms with Crippen LogP contribution in [0.15, 0.2) is 23.6 Å². The van der Waals surface area contributed by atoms with Gasteiger partial charge in [-0.05, 0) is 31.5 Å². The molecule has 94 valence electrons. The minimum absolute atomic E-state index is 0.327. The van der Waals surface area contributed by atoms with E-state index >= 15 is 0 Å². The minimum atomic E-state index is -0.327. The van der Waals surface area contributed by atoms with E-state index in [9.17, 15) is 4.79 Å². The molecule has 0 unspecified atom stereocenters. The topological polar surface area (TPSA) is 51.2 Å². The summed E-state index contributed by atoms with van der Waals surface area (Å²) in [7, 11) is 1.38. The third-order valence-corrected chi connectivity index (χ3v) is 3.48. The number of methoxy groups -OCH3 is 1. The molecule has 18 heavy (non-hydrogen) atoms. The van der Waals surface area contributed by atoms with Crippen molar-refractivity contribution in [3.63, 3.8) is 0 Å². The molecule has 1 N–H and O–H groups in total. The summed E-state index contributed by atoms with van der Waals surface area (Å²) in [6.45, 7) is 3.83. The Labute approximate surface area is 110 Å². The minimum Gasteiger partial charge on any atom is -0.465 e. The second-order valence-electron chi connectivity index (χ2n) is 3.89. The van der Waals surface area contributed by atoms with Crippen molar-refractivity contribution in [3.8, 4) is 0 Å². The summed E-state index contributed by atoms with van der Waals surface area (Å²) >= 11 is 1.53. The summed E-state index contributed by atoms with van der Waals surface area (Å²) in [5.41, 5.74) is 3.27. The summed E-state index contributed by atoms with van der Waals surface area (Å²) in [6, 6.07) is 5.49. The van der Waals surface area contributed by atoms with Gasteiger partial charge in [-0.2, -0.15) is 0 Å². The number of anilines is 2. The average Bonchev–Trinajstić information content (AvgIpc) is 2.76. The summed E-state index contributed by atoms with van der Waals surface area (Å²) in [6.07, 6.45) is 0. The molecule has 0 atom stereocenters. The number of aromatic nitrogens is 1. The highest BCUT2D eigenvalue weighted by Gasteiger charge is 2.12. The summed E-state index contributed by atoms with van der Waals surface area (Å²) in [4.78, 5) is 15.9. The summed E-state index contributed by atoms with van der Waals surface area (Å²) in [5, 5.41) is 6.00. The standard InChI is InChI=1S/C13H14N2O2S/c1-8-7-18-13(14-8)15-11-6-4-5-10(9(11)2)12(16)17-3/h4-7H,1-3H3,(H,14,15). The fourth-order valence-electron chi connectivity index (χ4n) is 1.63. The van der Waals surface area contributed by atoms with Gasteiger partial charge in [0.25, 0.3) is 0 Å². The van der Waals surface area contributed by atoms with Crippen LogP contribution in [0.1, 0.15) is 21.6 Å². The molecule has 0 saturated heterocycles. The Morgan fingerprint density at radius 1 is 1.39 bits per heavy atom. The third-order valence-electron chi connectivity index (χ3n) is 2.60. The zero-order chi connectivity index (χ0) is 13.1. The van der Waals surface area contributed by atoms with E-state index in [1.165, 1.54) is 18.4 Å². The van der Waals surface area contributed by atoms with Gasteiger partial charge >= 0.3 is 5.97 Å². The van der Waals surface area contributed by atoms with Gasteiger partial charge in [0.15, 0.2) is 5.13 Å². The van der Waals surface area contributed by atoms with Crippen molar-refractivity contribution in [2.24, 2.45) is 0 Å². The van der Waals surface area contributed by atoms with E-state index in [4.69, 9.17) is 4.74 Å². The van der Waals surface area contributed by atoms with Gasteiger partial charge in [-0.3, -0.25) is 0 Å². The molecule has 0 aliphatic heterocycles. The van der Waals surface area contributed by atoms with E-state index in [0.717, 1.165) is 22.1 Å². The SMILES string of the molecule is COC(=O)c1cccc(Nc2nc(C)cs2)c1C. The Bertz CT molecular complexity index is 578. The molecule has 2 aromatic rings. The van der Waals surface area contributed by atoms with Gasteiger partial charge in [0, 0.05) is 11.1 Å². The Kier molecular flexibility index (Phi) is 3.62. The molecule has 0 spiro atoms. The molecular formula is C13H14N2O2S. The average molecular weight is 262 g/mol. The number of esters is 1. The summed E-state index contributed by atoms with van der Waals surface area (Å²) in [5.74, 6) is -0.327. The van der Waals surface area contributed by atoms with Gasteiger partial charge in [0.05, 0.1) is 18.4 Å². The first-order valence-electron chi connectivity index (χ1n) is 5.49. The van der Waals surface area contributed by atoms with Gasteiger partial charge in [0.2, 0.25) is 0 Å². The number of hydrogen-bond donors (Lipinski definition) is 1. The van der Waals surface area contributed by atoms with E-state index in [-0.39, 0.29) is 5.97 Å². The van der Waals surface area contributed by atoms with Crippen LogP contribution in [0.25, 0.3) is 0 Å². The van der Waals surface area contributed by atoms with Crippen molar-refractivity contribution < 1.29 is 9.53 Å². The maximum absolute atomic E-state index is 11.6. The number of carbonyl (C=O) groups is 1. The second-order valence-corrected chi connectivity index (χ2v) is 4.75. The van der Waals surface area contributed by atoms with Crippen LogP contribution in [-0.4, -0.2) is 18.1 Å². The largest absolute Gasteiger partial charge is 0.465 e. The molecule has 0 radical (unpaired) electrons. The maximum atomic E-state index is 11.6. The Balaban J connectivity index is 2.31. The van der Waals surface area contributed by atoms with Crippen LogP contribution >= 0.6 is 11.3 Å². The molecule has 0 amide bonds. The van der Waals surface area contributed by atoms with Crippen molar-refractivity contribution in [1.29, 1.82) is 0 Å². The molecule has 1 aromatic heterocycles. The lowest BCUT2D eigenvalue weighted by Gasteiger charge is -2.10. The number of rotatable bonds is 3. The monoisotopic (exact) mass is 262 g/mol. The van der Waals surface area contributed by atoms with Gasteiger partial charge in [-0.15, -0.1) is 11.3 Å². The molecule has 0 saturated carbocycles. The zero-order valence-corrected chi connectivity index (χ0v) is 11.3. The molecular weight excluding hydrogens is 248 g/mol. The lowest BCUT2D eigenvalue weighted by Crippen LogP contribution is -2.05. The first-order chi connectivity index (χ1) is 8.61. The number of nitrogens with zero attached hydrogens (tertiary/aromatic N) is 1. The fraction of sp³-hybridized carbons (Fsp3) is 0.231. The molecule has 0 aliphatic carbocycles. The second kappa shape index (κ2) is 5.18. The molecule has 0 bridgehead atoms. The first kappa shape index (κ1) is 12.6. The number of thiazole rings is 1. The van der Waals surface area contributed by atoms with Crippen LogP contribution in [0.5, 0.6) is 0 Å². The van der Waals surface area contributed by atoms with Crippen LogP contribution in [0, 0.1) is 13.8 Å². The predicted molar refractivity (Wildman–Crippen MR) is 72.7 cm³/mol. The van der Waals surface area contributed by atoms with Crippen molar-refractivity contribution in [3.05, 3.63) is 40.4 Å². The van der Waals surface area contributed by atoms with E-state index < -0.39 is 0 Å². The smallest absolute Gasteiger partial charge is 0.338 e. The zero-order valence-electron chi connectivity index (χ0n) is 10.5. The Hall–Kier alpha value is -1.88. The normalized spacial score (nSPS) is 10.2. The van der Waals surface area contributed by atoms with Crippen LogP contribution < -0.4 is 5.32 Å². The maximum Gasteiger partial charge on any atom is 0.338 e. The molecule has 0 fully saturated rings. The van der Waals surface area contributed by atoms with Crippen LogP contribution in [0.3, 0.4) is 0 Å². The van der Waals surface area contributed by atoms with Crippen molar-refractivity contribution in [2.75, 3.05) is 12.4 Å². The lowest BCUT2D eigenvalue weighted by molar-refractivity contribution is 0.0600. The Morgan fingerprint density at radius 2 is 2.17 bits per heavy atom. The van der Waals surface area contributed by atoms with E-state index in [1.807, 2.05) is 31.4 Å². The molecule has 1 aromatic carbocycles. The first-order valence-corrected chi connectivity index (χ1v) is 6.37. The highest BCUT2D eigenvalue weighted by atomic mass is 32.1. The Morgan fingerprint density at radius 3 is 2.78 bits per heavy atom. The highest BCUT2D eigenvalue weighted by Crippen LogP contribution is 2.25. The summed E-state index contributed by atoms with van der Waals surface area (Å²) < 4.78 is 4.75. The highest BCUT2D eigenvalue weighted by molar-refractivity contribution is 7.13. The number of hydrogen-bond acceptors (Lipinski definition) is 5. The molecule has 1 heterocycles. The molecule has 0 aliphatic rings. The molecule has 5 heteroatoms. The third kappa shape index (κ3) is 2.51. The van der Waals surface area contributed by atoms with Crippen LogP contribution in [0.2, 0.25) is 0 Å². The van der Waals surface area contributed by atoms with Crippen LogP contribution in [0.4, 0.5) is 10.8 Å². The van der Waals surface area contributed by atoms with Crippen LogP contribution in [-0.2, 0) is 4.74 Å². The number of aryl methyl sites for hydroxylation is 1. The van der Waals surface area contributed by atoms with Crippen molar-refractivity contribution in [1.82, 2.24) is 4.98 Å². The number of ether oxygens (including phenoxy) is 1. The van der Waals surface area contributed by atoms with E-state index in [0.29, 0.717) is 5.56 Å². The van der Waals surface area contributed by atoms with Gasteiger partial charge in [-0.25, -0.2) is 9.78 Å². The van der Waals surface area contributed by atoms with Crippen molar-refractivity contribution >= 4 is 28.1 Å². The van der Waals surface area contributed by atoms with Crippen molar-refractivity contribution in [2.45, 2.75) is 13.8 Å². The van der Waals surface area contributed by atoms with Gasteiger partial charge in [-0.1, -0.05) is 6.07 Å². The van der Waals surface area contributed by atoms with Gasteiger partial charge < -0.3 is 10.1 Å². The number of benzene rings is 1. The molecule has 2 rings (SSSR count). The van der Waals surface area contributed by atoms with Gasteiger partial charge in [0.1, 0.15) is 0 Å². The predicted octanol–water partition coefficient (Wildman–Crippen LogP) is 3.29. The van der Waals surface area contributed by atoms with E-state index in [2.05, 4.69) is 10.3 Å². The number of nitrogens with one attached hydrogen (secondary N) is 1. The fourth-order valence-corrected chi connectivity index (χ4v) is 2.33. The molecule has 4 nitrogen and oxygen atoms in total.